The predicted molar refractivity (Wildman–Crippen MR) is 72.3 cm³/mol. The molecule has 0 amide bonds. The second-order valence-electron chi connectivity index (χ2n) is 5.27. The highest BCUT2D eigenvalue weighted by atomic mass is 32.2. The van der Waals surface area contributed by atoms with Gasteiger partial charge in [-0.05, 0) is 33.2 Å². The third-order valence-corrected chi connectivity index (χ3v) is 4.21. The molecule has 0 aliphatic carbocycles. The zero-order valence-electron chi connectivity index (χ0n) is 11.6. The van der Waals surface area contributed by atoms with Crippen molar-refractivity contribution in [2.24, 2.45) is 0 Å². The monoisotopic (exact) mass is 287 g/mol. The highest BCUT2D eigenvalue weighted by Crippen LogP contribution is 2.18. The maximum absolute atomic E-state index is 11.3. The van der Waals surface area contributed by atoms with Crippen molar-refractivity contribution in [3.8, 4) is 0 Å². The number of sulfonamides is 1. The van der Waals surface area contributed by atoms with Crippen LogP contribution in [0.1, 0.15) is 29.9 Å². The molecule has 7 heteroatoms. The lowest BCUT2D eigenvalue weighted by Gasteiger charge is -2.32. The van der Waals surface area contributed by atoms with E-state index in [0.29, 0.717) is 0 Å². The summed E-state index contributed by atoms with van der Waals surface area (Å²) >= 11 is 0. The van der Waals surface area contributed by atoms with E-state index in [1.165, 1.54) is 6.26 Å². The van der Waals surface area contributed by atoms with Crippen LogP contribution in [0, 0.1) is 13.8 Å². The van der Waals surface area contributed by atoms with Crippen LogP contribution in [0.15, 0.2) is 4.52 Å². The Hall–Kier alpha value is -0.920. The highest BCUT2D eigenvalue weighted by Gasteiger charge is 2.23. The molecule has 1 fully saturated rings. The maximum atomic E-state index is 11.3. The van der Waals surface area contributed by atoms with Crippen LogP contribution in [0.4, 0.5) is 0 Å². The molecule has 19 heavy (non-hydrogen) atoms. The SMILES string of the molecule is Cc1noc(C)c1CN1CCC[C@H](NS(C)(=O)=O)C1. The second kappa shape index (κ2) is 5.60. The Morgan fingerprint density at radius 1 is 1.47 bits per heavy atom. The minimum atomic E-state index is -3.13. The summed E-state index contributed by atoms with van der Waals surface area (Å²) in [6, 6.07) is 0.00391. The van der Waals surface area contributed by atoms with Crippen LogP contribution in [-0.2, 0) is 16.6 Å². The fourth-order valence-corrected chi connectivity index (χ4v) is 3.35. The summed E-state index contributed by atoms with van der Waals surface area (Å²) in [6.45, 7) is 6.32. The van der Waals surface area contributed by atoms with Crippen LogP contribution in [0.2, 0.25) is 0 Å². The van der Waals surface area contributed by atoms with Gasteiger partial charge in [0.25, 0.3) is 0 Å². The molecule has 6 nitrogen and oxygen atoms in total. The van der Waals surface area contributed by atoms with Gasteiger partial charge in [-0.25, -0.2) is 13.1 Å². The van der Waals surface area contributed by atoms with Crippen molar-refractivity contribution >= 4 is 10.0 Å². The van der Waals surface area contributed by atoms with Crippen LogP contribution in [-0.4, -0.2) is 43.9 Å². The quantitative estimate of drug-likeness (QED) is 0.886. The number of nitrogens with zero attached hydrogens (tertiary/aromatic N) is 2. The molecule has 1 saturated heterocycles. The van der Waals surface area contributed by atoms with Crippen molar-refractivity contribution in [2.75, 3.05) is 19.3 Å². The molecular weight excluding hydrogens is 266 g/mol. The number of nitrogens with one attached hydrogen (secondary N) is 1. The second-order valence-corrected chi connectivity index (χ2v) is 7.05. The van der Waals surface area contributed by atoms with E-state index >= 15 is 0 Å². The molecule has 1 N–H and O–H groups in total. The van der Waals surface area contributed by atoms with Crippen molar-refractivity contribution in [1.82, 2.24) is 14.8 Å². The molecule has 0 unspecified atom stereocenters. The first-order valence-electron chi connectivity index (χ1n) is 6.46. The van der Waals surface area contributed by atoms with Gasteiger partial charge in [-0.3, -0.25) is 4.90 Å². The zero-order chi connectivity index (χ0) is 14.0. The van der Waals surface area contributed by atoms with E-state index in [-0.39, 0.29) is 6.04 Å². The Kier molecular flexibility index (Phi) is 4.27. The Labute approximate surface area is 114 Å². The van der Waals surface area contributed by atoms with Crippen molar-refractivity contribution in [1.29, 1.82) is 0 Å². The summed E-state index contributed by atoms with van der Waals surface area (Å²) in [6.07, 6.45) is 3.10. The predicted octanol–water partition coefficient (Wildman–Crippen LogP) is 0.805. The lowest BCUT2D eigenvalue weighted by atomic mass is 10.1. The van der Waals surface area contributed by atoms with Gasteiger partial charge in [0.1, 0.15) is 5.76 Å². The number of aryl methyl sites for hydroxylation is 2. The first kappa shape index (κ1) is 14.5. The lowest BCUT2D eigenvalue weighted by Crippen LogP contribution is -2.47. The summed E-state index contributed by atoms with van der Waals surface area (Å²) in [5.74, 6) is 0.843. The topological polar surface area (TPSA) is 75.4 Å². The van der Waals surface area contributed by atoms with Gasteiger partial charge in [0.2, 0.25) is 10.0 Å². The van der Waals surface area contributed by atoms with Crippen LogP contribution in [0.5, 0.6) is 0 Å². The van der Waals surface area contributed by atoms with E-state index in [1.54, 1.807) is 0 Å². The normalized spacial score (nSPS) is 21.7. The van der Waals surface area contributed by atoms with E-state index in [2.05, 4.69) is 14.8 Å². The first-order chi connectivity index (χ1) is 8.85. The molecule has 0 aromatic carbocycles. The van der Waals surface area contributed by atoms with Gasteiger partial charge in [-0.2, -0.15) is 0 Å². The van der Waals surface area contributed by atoms with Gasteiger partial charge in [-0.15, -0.1) is 0 Å². The molecule has 0 radical (unpaired) electrons. The molecule has 2 heterocycles. The third kappa shape index (κ3) is 4.02. The van der Waals surface area contributed by atoms with E-state index in [0.717, 1.165) is 49.5 Å². The highest BCUT2D eigenvalue weighted by molar-refractivity contribution is 7.88. The number of hydrogen-bond donors (Lipinski definition) is 1. The average Bonchev–Trinajstić information content (AvgIpc) is 2.59. The lowest BCUT2D eigenvalue weighted by molar-refractivity contribution is 0.193. The smallest absolute Gasteiger partial charge is 0.208 e. The van der Waals surface area contributed by atoms with Gasteiger partial charge in [0.15, 0.2) is 0 Å². The van der Waals surface area contributed by atoms with Gasteiger partial charge in [0, 0.05) is 24.7 Å². The van der Waals surface area contributed by atoms with Crippen LogP contribution in [0.25, 0.3) is 0 Å². The molecule has 0 bridgehead atoms. The Morgan fingerprint density at radius 3 is 2.79 bits per heavy atom. The number of hydrogen-bond acceptors (Lipinski definition) is 5. The van der Waals surface area contributed by atoms with Gasteiger partial charge in [-0.1, -0.05) is 5.16 Å². The molecule has 108 valence electrons. The summed E-state index contributed by atoms with van der Waals surface area (Å²) in [7, 11) is -3.13. The third-order valence-electron chi connectivity index (χ3n) is 3.45. The average molecular weight is 287 g/mol. The molecule has 1 atom stereocenters. The molecule has 2 rings (SSSR count). The molecule has 1 aromatic heterocycles. The summed E-state index contributed by atoms with van der Waals surface area (Å²) < 4.78 is 30.4. The molecule has 0 spiro atoms. The maximum Gasteiger partial charge on any atom is 0.208 e. The van der Waals surface area contributed by atoms with E-state index in [1.807, 2.05) is 13.8 Å². The molecular formula is C12H21N3O3S. The van der Waals surface area contributed by atoms with Crippen molar-refractivity contribution < 1.29 is 12.9 Å². The van der Waals surface area contributed by atoms with Crippen molar-refractivity contribution in [2.45, 2.75) is 39.3 Å². The molecule has 1 aliphatic rings. The number of aromatic nitrogens is 1. The van der Waals surface area contributed by atoms with Gasteiger partial charge >= 0.3 is 0 Å². The largest absolute Gasteiger partial charge is 0.361 e. The fraction of sp³-hybridized carbons (Fsp3) is 0.750. The first-order valence-corrected chi connectivity index (χ1v) is 8.35. The van der Waals surface area contributed by atoms with E-state index in [9.17, 15) is 8.42 Å². The van der Waals surface area contributed by atoms with E-state index in [4.69, 9.17) is 4.52 Å². The Balaban J connectivity index is 1.98. The Bertz CT molecular complexity index is 519. The van der Waals surface area contributed by atoms with Crippen LogP contribution >= 0.6 is 0 Å². The molecule has 0 saturated carbocycles. The van der Waals surface area contributed by atoms with Crippen LogP contribution < -0.4 is 4.72 Å². The molecule has 1 aromatic rings. The zero-order valence-corrected chi connectivity index (χ0v) is 12.5. The summed E-state index contributed by atoms with van der Waals surface area (Å²) in [4.78, 5) is 2.25. The summed E-state index contributed by atoms with van der Waals surface area (Å²) in [5, 5.41) is 3.95. The van der Waals surface area contributed by atoms with Crippen molar-refractivity contribution in [3.63, 3.8) is 0 Å². The van der Waals surface area contributed by atoms with Crippen LogP contribution in [0.3, 0.4) is 0 Å². The van der Waals surface area contributed by atoms with E-state index < -0.39 is 10.0 Å². The van der Waals surface area contributed by atoms with Gasteiger partial charge < -0.3 is 4.52 Å². The number of piperidine rings is 1. The molecule has 1 aliphatic heterocycles. The van der Waals surface area contributed by atoms with Gasteiger partial charge in [0.05, 0.1) is 11.9 Å². The number of likely N-dealkylation sites (tertiary alicyclic amines) is 1. The number of rotatable bonds is 4. The minimum Gasteiger partial charge on any atom is -0.361 e. The fourth-order valence-electron chi connectivity index (χ4n) is 2.55. The van der Waals surface area contributed by atoms with Crippen molar-refractivity contribution in [3.05, 3.63) is 17.0 Å². The standard InChI is InChI=1S/C12H21N3O3S/c1-9-12(10(2)18-13-9)8-15-6-4-5-11(7-15)14-19(3,16)17/h11,14H,4-8H2,1-3H3/t11-/m0/s1. The minimum absolute atomic E-state index is 0.00391. The Morgan fingerprint density at radius 2 is 2.21 bits per heavy atom. The summed E-state index contributed by atoms with van der Waals surface area (Å²) in [5.41, 5.74) is 2.02.